The third-order valence-electron chi connectivity index (χ3n) is 4.80. The number of amides is 2. The Bertz CT molecular complexity index is 581. The van der Waals surface area contributed by atoms with Gasteiger partial charge in [-0.25, -0.2) is 4.39 Å². The molecule has 1 aliphatic rings. The highest BCUT2D eigenvalue weighted by Gasteiger charge is 2.22. The van der Waals surface area contributed by atoms with Gasteiger partial charge < -0.3 is 15.1 Å². The third kappa shape index (κ3) is 5.81. The van der Waals surface area contributed by atoms with Crippen molar-refractivity contribution in [1.82, 2.24) is 15.1 Å². The Kier molecular flexibility index (Phi) is 6.93. The largest absolute Gasteiger partial charge is 0.347 e. The summed E-state index contributed by atoms with van der Waals surface area (Å²) in [5.74, 6) is -0.229. The van der Waals surface area contributed by atoms with Crippen LogP contribution in [0.4, 0.5) is 4.39 Å². The molecule has 1 saturated heterocycles. The lowest BCUT2D eigenvalue weighted by atomic mass is 9.85. The lowest BCUT2D eigenvalue weighted by Crippen LogP contribution is -2.50. The summed E-state index contributed by atoms with van der Waals surface area (Å²) in [6.07, 6.45) is 0.291. The highest BCUT2D eigenvalue weighted by atomic mass is 19.1. The maximum Gasteiger partial charge on any atom is 0.242 e. The molecule has 1 fully saturated rings. The molecule has 0 aliphatic carbocycles. The van der Waals surface area contributed by atoms with Crippen LogP contribution < -0.4 is 5.32 Å². The fourth-order valence-electron chi connectivity index (χ4n) is 3.06. The van der Waals surface area contributed by atoms with Crippen LogP contribution in [-0.2, 0) is 9.59 Å². The molecule has 138 valence electrons. The zero-order valence-corrected chi connectivity index (χ0v) is 15.3. The number of carbonyl (C=O) groups is 2. The fourth-order valence-corrected chi connectivity index (χ4v) is 3.06. The molecule has 1 N–H and O–H groups in total. The molecule has 2 rings (SSSR count). The minimum Gasteiger partial charge on any atom is -0.347 e. The molecule has 1 aromatic carbocycles. The van der Waals surface area contributed by atoms with Crippen LogP contribution in [0.5, 0.6) is 0 Å². The second-order valence-corrected chi connectivity index (χ2v) is 7.07. The molecule has 5 nitrogen and oxygen atoms in total. The van der Waals surface area contributed by atoms with E-state index in [-0.39, 0.29) is 36.0 Å². The topological polar surface area (TPSA) is 52.7 Å². The summed E-state index contributed by atoms with van der Waals surface area (Å²) in [4.78, 5) is 28.4. The average molecular weight is 349 g/mol. The first-order chi connectivity index (χ1) is 11.9. The van der Waals surface area contributed by atoms with Crippen molar-refractivity contribution in [3.63, 3.8) is 0 Å². The molecule has 0 bridgehead atoms. The molecule has 0 saturated carbocycles. The first-order valence-corrected chi connectivity index (χ1v) is 8.85. The highest BCUT2D eigenvalue weighted by molar-refractivity contribution is 5.85. The van der Waals surface area contributed by atoms with E-state index in [0.717, 1.165) is 18.7 Å². The molecule has 1 aromatic rings. The predicted molar refractivity (Wildman–Crippen MR) is 95.7 cm³/mol. The Morgan fingerprint density at radius 3 is 2.28 bits per heavy atom. The molecule has 1 atom stereocenters. The minimum absolute atomic E-state index is 0.000613. The van der Waals surface area contributed by atoms with E-state index in [9.17, 15) is 14.0 Å². The van der Waals surface area contributed by atoms with E-state index in [1.165, 1.54) is 12.1 Å². The number of benzene rings is 1. The Hall–Kier alpha value is -1.95. The number of nitrogens with one attached hydrogen (secondary N) is 1. The molecule has 0 spiro atoms. The number of rotatable bonds is 6. The van der Waals surface area contributed by atoms with Crippen molar-refractivity contribution >= 4 is 11.8 Å². The second-order valence-electron chi connectivity index (χ2n) is 7.07. The molecule has 0 radical (unpaired) electrons. The summed E-state index contributed by atoms with van der Waals surface area (Å²) in [6.45, 7) is 7.24. The van der Waals surface area contributed by atoms with Gasteiger partial charge in [-0.15, -0.1) is 0 Å². The van der Waals surface area contributed by atoms with Crippen molar-refractivity contribution in [2.75, 3.05) is 39.8 Å². The Labute approximate surface area is 149 Å². The van der Waals surface area contributed by atoms with Gasteiger partial charge in [0.25, 0.3) is 0 Å². The van der Waals surface area contributed by atoms with E-state index >= 15 is 0 Å². The van der Waals surface area contributed by atoms with E-state index in [4.69, 9.17) is 0 Å². The van der Waals surface area contributed by atoms with Crippen molar-refractivity contribution in [3.05, 3.63) is 35.6 Å². The van der Waals surface area contributed by atoms with Crippen LogP contribution in [0.2, 0.25) is 0 Å². The van der Waals surface area contributed by atoms with Crippen LogP contribution in [0.1, 0.15) is 31.7 Å². The third-order valence-corrected chi connectivity index (χ3v) is 4.80. The van der Waals surface area contributed by atoms with Gasteiger partial charge in [0.15, 0.2) is 0 Å². The van der Waals surface area contributed by atoms with Crippen molar-refractivity contribution in [2.24, 2.45) is 5.92 Å². The maximum absolute atomic E-state index is 13.1. The van der Waals surface area contributed by atoms with Crippen molar-refractivity contribution in [2.45, 2.75) is 26.2 Å². The highest BCUT2D eigenvalue weighted by Crippen LogP contribution is 2.27. The van der Waals surface area contributed by atoms with Gasteiger partial charge in [0.1, 0.15) is 5.82 Å². The van der Waals surface area contributed by atoms with E-state index in [1.807, 2.05) is 20.9 Å². The van der Waals surface area contributed by atoms with Crippen LogP contribution >= 0.6 is 0 Å². The van der Waals surface area contributed by atoms with Crippen molar-refractivity contribution in [1.29, 1.82) is 0 Å². The molecule has 25 heavy (non-hydrogen) atoms. The van der Waals surface area contributed by atoms with E-state index in [2.05, 4.69) is 10.2 Å². The molecule has 1 heterocycles. The smallest absolute Gasteiger partial charge is 0.242 e. The van der Waals surface area contributed by atoms with Gasteiger partial charge in [-0.2, -0.15) is 0 Å². The Morgan fingerprint density at radius 2 is 1.72 bits per heavy atom. The van der Waals surface area contributed by atoms with Gasteiger partial charge in [-0.05, 0) is 36.6 Å². The summed E-state index contributed by atoms with van der Waals surface area (Å²) in [7, 11) is 2.03. The first kappa shape index (κ1) is 19.4. The molecule has 0 aromatic heterocycles. The average Bonchev–Trinajstić information content (AvgIpc) is 2.59. The van der Waals surface area contributed by atoms with Crippen LogP contribution in [0.3, 0.4) is 0 Å². The summed E-state index contributed by atoms with van der Waals surface area (Å²) < 4.78 is 13.1. The number of hydrogen-bond acceptors (Lipinski definition) is 3. The van der Waals surface area contributed by atoms with E-state index in [0.29, 0.717) is 19.5 Å². The number of piperazine rings is 1. The van der Waals surface area contributed by atoms with Crippen LogP contribution in [0, 0.1) is 11.7 Å². The lowest BCUT2D eigenvalue weighted by molar-refractivity contribution is -0.134. The lowest BCUT2D eigenvalue weighted by Gasteiger charge is -2.32. The van der Waals surface area contributed by atoms with Crippen molar-refractivity contribution < 1.29 is 14.0 Å². The van der Waals surface area contributed by atoms with Gasteiger partial charge in [0.05, 0.1) is 6.54 Å². The van der Waals surface area contributed by atoms with Crippen LogP contribution in [0.25, 0.3) is 0 Å². The molecule has 1 unspecified atom stereocenters. The molecular weight excluding hydrogens is 321 g/mol. The second kappa shape index (κ2) is 8.94. The number of carbonyl (C=O) groups excluding carboxylic acids is 2. The maximum atomic E-state index is 13.1. The Morgan fingerprint density at radius 1 is 1.12 bits per heavy atom. The molecule has 1 aliphatic heterocycles. The Balaban J connectivity index is 1.85. The number of likely N-dealkylation sites (N-methyl/N-ethyl adjacent to an activating group) is 1. The molecule has 2 amide bonds. The fraction of sp³-hybridized carbons (Fsp3) is 0.579. The molecule has 6 heteroatoms. The quantitative estimate of drug-likeness (QED) is 0.853. The van der Waals surface area contributed by atoms with Gasteiger partial charge in [0.2, 0.25) is 11.8 Å². The van der Waals surface area contributed by atoms with Crippen LogP contribution in [-0.4, -0.2) is 61.4 Å². The van der Waals surface area contributed by atoms with E-state index in [1.54, 1.807) is 17.0 Å². The number of nitrogens with zero attached hydrogens (tertiary/aromatic N) is 2. The van der Waals surface area contributed by atoms with Gasteiger partial charge in [-0.3, -0.25) is 9.59 Å². The SMILES string of the molecule is CC(C)C(CC(=O)NCC(=O)N1CCN(C)CC1)c1ccc(F)cc1. The number of hydrogen-bond donors (Lipinski definition) is 1. The predicted octanol–water partition coefficient (Wildman–Crippen LogP) is 1.85. The van der Waals surface area contributed by atoms with Gasteiger partial charge in [0, 0.05) is 32.6 Å². The minimum atomic E-state index is -0.284. The standard InChI is InChI=1S/C19H28FN3O2/c1-14(2)17(15-4-6-16(20)7-5-15)12-18(24)21-13-19(25)23-10-8-22(3)9-11-23/h4-7,14,17H,8-13H2,1-3H3,(H,21,24). The van der Waals surface area contributed by atoms with Crippen molar-refractivity contribution in [3.8, 4) is 0 Å². The van der Waals surface area contributed by atoms with Crippen LogP contribution in [0.15, 0.2) is 24.3 Å². The number of halogens is 1. The monoisotopic (exact) mass is 349 g/mol. The first-order valence-electron chi connectivity index (χ1n) is 8.85. The zero-order valence-electron chi connectivity index (χ0n) is 15.3. The van der Waals surface area contributed by atoms with E-state index < -0.39 is 0 Å². The molecular formula is C19H28FN3O2. The summed E-state index contributed by atoms with van der Waals surface area (Å²) in [5.41, 5.74) is 0.942. The summed E-state index contributed by atoms with van der Waals surface area (Å²) >= 11 is 0. The normalized spacial score (nSPS) is 16.8. The van der Waals surface area contributed by atoms with Gasteiger partial charge >= 0.3 is 0 Å². The van der Waals surface area contributed by atoms with Gasteiger partial charge in [-0.1, -0.05) is 26.0 Å². The zero-order chi connectivity index (χ0) is 18.4. The summed E-state index contributed by atoms with van der Waals surface area (Å²) in [6, 6.07) is 6.28. The summed E-state index contributed by atoms with van der Waals surface area (Å²) in [5, 5.41) is 2.74.